The van der Waals surface area contributed by atoms with Gasteiger partial charge in [0.25, 0.3) is 0 Å². The molecule has 0 amide bonds. The largest absolute Gasteiger partial charge is 0.385 e. The average molecular weight is 510 g/mol. The van der Waals surface area contributed by atoms with Crippen LogP contribution in [0.4, 0.5) is 5.69 Å². The summed E-state index contributed by atoms with van der Waals surface area (Å²) >= 11 is 6.52. The second-order valence-corrected chi connectivity index (χ2v) is 6.90. The van der Waals surface area contributed by atoms with Crippen LogP contribution in [-0.4, -0.2) is 70.9 Å². The van der Waals surface area contributed by atoms with E-state index in [1.165, 1.54) is 5.69 Å². The molecule has 0 aromatic heterocycles. The summed E-state index contributed by atoms with van der Waals surface area (Å²) in [6, 6.07) is 6.13. The number of nitrogens with zero attached hydrogens (tertiary/aromatic N) is 3. The van der Waals surface area contributed by atoms with E-state index in [-0.39, 0.29) is 24.0 Å². The fraction of sp³-hybridized carbons (Fsp3) is 0.632. The van der Waals surface area contributed by atoms with Crippen LogP contribution in [0.25, 0.3) is 0 Å². The van der Waals surface area contributed by atoms with E-state index >= 15 is 0 Å². The highest BCUT2D eigenvalue weighted by Gasteiger charge is 2.18. The van der Waals surface area contributed by atoms with Gasteiger partial charge in [0.15, 0.2) is 5.96 Å². The second-order valence-electron chi connectivity index (χ2n) is 6.50. The van der Waals surface area contributed by atoms with E-state index in [0.29, 0.717) is 6.54 Å². The van der Waals surface area contributed by atoms with Gasteiger partial charge in [-0.3, -0.25) is 0 Å². The highest BCUT2D eigenvalue weighted by molar-refractivity contribution is 14.0. The Morgan fingerprint density at radius 2 is 1.96 bits per heavy atom. The van der Waals surface area contributed by atoms with Gasteiger partial charge in [-0.15, -0.1) is 24.0 Å². The number of benzene rings is 1. The summed E-state index contributed by atoms with van der Waals surface area (Å²) in [5.41, 5.74) is 2.29. The van der Waals surface area contributed by atoms with Crippen molar-refractivity contribution in [1.29, 1.82) is 0 Å². The molecule has 0 spiro atoms. The van der Waals surface area contributed by atoms with Gasteiger partial charge in [-0.2, -0.15) is 0 Å². The molecule has 1 aromatic carbocycles. The molecule has 27 heavy (non-hydrogen) atoms. The Hall–Kier alpha value is -0.770. The first-order valence-corrected chi connectivity index (χ1v) is 9.75. The minimum absolute atomic E-state index is 0. The third-order valence-corrected chi connectivity index (χ3v) is 4.85. The summed E-state index contributed by atoms with van der Waals surface area (Å²) in [7, 11) is 3.88. The number of methoxy groups -OCH3 is 1. The van der Waals surface area contributed by atoms with Crippen molar-refractivity contribution in [2.75, 3.05) is 64.9 Å². The molecular formula is C19H33ClIN5O. The number of piperazine rings is 1. The Morgan fingerprint density at radius 3 is 2.63 bits per heavy atom. The molecule has 1 fully saturated rings. The summed E-state index contributed by atoms with van der Waals surface area (Å²) in [5, 5.41) is 7.41. The highest BCUT2D eigenvalue weighted by Crippen LogP contribution is 2.29. The maximum absolute atomic E-state index is 6.52. The van der Waals surface area contributed by atoms with E-state index in [2.05, 4.69) is 40.5 Å². The minimum atomic E-state index is 0. The van der Waals surface area contributed by atoms with E-state index in [1.54, 1.807) is 7.11 Å². The molecule has 1 aliphatic heterocycles. The van der Waals surface area contributed by atoms with Crippen LogP contribution in [0.5, 0.6) is 0 Å². The molecule has 0 saturated carbocycles. The van der Waals surface area contributed by atoms with Crippen LogP contribution in [0.15, 0.2) is 23.2 Å². The molecule has 0 unspecified atom stereocenters. The number of anilines is 1. The summed E-state index contributed by atoms with van der Waals surface area (Å²) < 4.78 is 5.09. The lowest BCUT2D eigenvalue weighted by atomic mass is 10.1. The van der Waals surface area contributed by atoms with Crippen LogP contribution in [-0.2, 0) is 11.3 Å². The van der Waals surface area contributed by atoms with Gasteiger partial charge in [-0.1, -0.05) is 17.7 Å². The van der Waals surface area contributed by atoms with Gasteiger partial charge < -0.3 is 25.2 Å². The molecule has 1 saturated heterocycles. The summed E-state index contributed by atoms with van der Waals surface area (Å²) in [5.74, 6) is 0.813. The molecule has 0 radical (unpaired) electrons. The van der Waals surface area contributed by atoms with Gasteiger partial charge in [-0.25, -0.2) is 4.99 Å². The number of rotatable bonds is 8. The van der Waals surface area contributed by atoms with E-state index in [9.17, 15) is 0 Å². The number of aliphatic imine (C=N–C) groups is 1. The van der Waals surface area contributed by atoms with E-state index in [4.69, 9.17) is 21.3 Å². The lowest BCUT2D eigenvalue weighted by molar-refractivity contribution is 0.195. The van der Waals surface area contributed by atoms with E-state index in [1.807, 2.05) is 12.1 Å². The predicted octanol–water partition coefficient (Wildman–Crippen LogP) is 2.80. The SMILES string of the molecule is CCNC(=NCc1c(Cl)cccc1N1CCN(C)CC1)NCCCOC.I. The molecule has 0 bridgehead atoms. The van der Waals surface area contributed by atoms with Crippen LogP contribution in [0, 0.1) is 0 Å². The van der Waals surface area contributed by atoms with Gasteiger partial charge in [0.05, 0.1) is 6.54 Å². The number of hydrogen-bond acceptors (Lipinski definition) is 4. The van der Waals surface area contributed by atoms with Gasteiger partial charge in [0.1, 0.15) is 0 Å². The maximum Gasteiger partial charge on any atom is 0.191 e. The van der Waals surface area contributed by atoms with Crippen molar-refractivity contribution < 1.29 is 4.74 Å². The number of ether oxygens (including phenoxy) is 1. The quantitative estimate of drug-likeness (QED) is 0.244. The molecule has 2 rings (SSSR count). The summed E-state index contributed by atoms with van der Waals surface area (Å²) in [6.07, 6.45) is 0.944. The first kappa shape index (κ1) is 24.3. The van der Waals surface area contributed by atoms with Crippen LogP contribution in [0.2, 0.25) is 5.02 Å². The van der Waals surface area contributed by atoms with Crippen LogP contribution in [0.1, 0.15) is 18.9 Å². The number of guanidine groups is 1. The van der Waals surface area contributed by atoms with Gasteiger partial charge in [0, 0.05) is 69.3 Å². The fourth-order valence-corrected chi connectivity index (χ4v) is 3.20. The molecule has 1 aromatic rings. The molecule has 2 N–H and O–H groups in total. The zero-order chi connectivity index (χ0) is 18.8. The molecule has 0 atom stereocenters. The molecule has 6 nitrogen and oxygen atoms in total. The zero-order valence-corrected chi connectivity index (χ0v) is 19.7. The van der Waals surface area contributed by atoms with Crippen molar-refractivity contribution in [3.05, 3.63) is 28.8 Å². The third kappa shape index (κ3) is 8.01. The minimum Gasteiger partial charge on any atom is -0.385 e. The van der Waals surface area contributed by atoms with Crippen molar-refractivity contribution in [1.82, 2.24) is 15.5 Å². The van der Waals surface area contributed by atoms with Crippen molar-refractivity contribution in [3.63, 3.8) is 0 Å². The smallest absolute Gasteiger partial charge is 0.191 e. The Kier molecular flexibility index (Phi) is 12.1. The Morgan fingerprint density at radius 1 is 1.22 bits per heavy atom. The van der Waals surface area contributed by atoms with E-state index in [0.717, 1.165) is 68.8 Å². The average Bonchev–Trinajstić information content (AvgIpc) is 2.64. The number of likely N-dealkylation sites (N-methyl/N-ethyl adjacent to an activating group) is 1. The molecule has 1 aliphatic rings. The van der Waals surface area contributed by atoms with Crippen LogP contribution >= 0.6 is 35.6 Å². The maximum atomic E-state index is 6.52. The van der Waals surface area contributed by atoms with Gasteiger partial charge in [-0.05, 0) is 32.5 Å². The Labute approximate surface area is 185 Å². The molecule has 8 heteroatoms. The molecule has 154 valence electrons. The second kappa shape index (κ2) is 13.4. The summed E-state index contributed by atoms with van der Waals surface area (Å²) in [4.78, 5) is 9.51. The number of hydrogen-bond donors (Lipinski definition) is 2. The van der Waals surface area contributed by atoms with Crippen molar-refractivity contribution in [2.24, 2.45) is 4.99 Å². The Balaban J connectivity index is 0.00000364. The normalized spacial score (nSPS) is 15.4. The predicted molar refractivity (Wildman–Crippen MR) is 126 cm³/mol. The first-order valence-electron chi connectivity index (χ1n) is 9.37. The standard InChI is InChI=1S/C19H32ClN5O.HI/c1-4-21-19(22-9-6-14-26-3)23-15-16-17(20)7-5-8-18(16)25-12-10-24(2)11-13-25;/h5,7-8H,4,6,9-15H2,1-3H3,(H2,21,22,23);1H. The Bertz CT molecular complexity index is 579. The number of nitrogens with one attached hydrogen (secondary N) is 2. The van der Waals surface area contributed by atoms with Crippen LogP contribution in [0.3, 0.4) is 0 Å². The topological polar surface area (TPSA) is 52.1 Å². The third-order valence-electron chi connectivity index (χ3n) is 4.50. The van der Waals surface area contributed by atoms with Crippen molar-refractivity contribution in [2.45, 2.75) is 19.9 Å². The van der Waals surface area contributed by atoms with Crippen LogP contribution < -0.4 is 15.5 Å². The van der Waals surface area contributed by atoms with Gasteiger partial charge in [0.2, 0.25) is 0 Å². The number of halogens is 2. The van der Waals surface area contributed by atoms with Crippen molar-refractivity contribution in [3.8, 4) is 0 Å². The lowest BCUT2D eigenvalue weighted by Gasteiger charge is -2.35. The zero-order valence-electron chi connectivity index (χ0n) is 16.6. The molecular weight excluding hydrogens is 477 g/mol. The monoisotopic (exact) mass is 509 g/mol. The molecule has 1 heterocycles. The van der Waals surface area contributed by atoms with Gasteiger partial charge >= 0.3 is 0 Å². The molecule has 0 aliphatic carbocycles. The fourth-order valence-electron chi connectivity index (χ4n) is 2.97. The highest BCUT2D eigenvalue weighted by atomic mass is 127. The van der Waals surface area contributed by atoms with Crippen molar-refractivity contribution >= 4 is 47.2 Å². The van der Waals surface area contributed by atoms with E-state index < -0.39 is 0 Å². The lowest BCUT2D eigenvalue weighted by Crippen LogP contribution is -2.44. The summed E-state index contributed by atoms with van der Waals surface area (Å²) in [6.45, 7) is 9.18. The first-order chi connectivity index (χ1) is 12.7.